The summed E-state index contributed by atoms with van der Waals surface area (Å²) in [6, 6.07) is 11.9. The standard InChI is InChI=1S/C17H13N3O3S/c1-11-3-2-4-14-16(11)19-17(24-14)18-15(21)10-7-12-5-8-13(9-6-12)20(22)23/h2-10H,1H3,(H,18,19,21)/b10-7+. The van der Waals surface area contributed by atoms with Crippen molar-refractivity contribution in [2.24, 2.45) is 0 Å². The Labute approximate surface area is 141 Å². The van der Waals surface area contributed by atoms with Crippen molar-refractivity contribution in [3.05, 3.63) is 69.8 Å². The van der Waals surface area contributed by atoms with Crippen LogP contribution in [0.4, 0.5) is 10.8 Å². The fourth-order valence-corrected chi connectivity index (χ4v) is 3.11. The van der Waals surface area contributed by atoms with E-state index in [9.17, 15) is 14.9 Å². The quantitative estimate of drug-likeness (QED) is 0.439. The molecule has 1 N–H and O–H groups in total. The maximum absolute atomic E-state index is 12.0. The van der Waals surface area contributed by atoms with Crippen molar-refractivity contribution in [1.82, 2.24) is 4.98 Å². The molecule has 0 saturated carbocycles. The summed E-state index contributed by atoms with van der Waals surface area (Å²) in [7, 11) is 0. The number of carbonyl (C=O) groups excluding carboxylic acids is 1. The largest absolute Gasteiger partial charge is 0.298 e. The third-order valence-corrected chi connectivity index (χ3v) is 4.32. The number of aromatic nitrogens is 1. The van der Waals surface area contributed by atoms with Crippen molar-refractivity contribution < 1.29 is 9.72 Å². The third kappa shape index (κ3) is 3.47. The molecular weight excluding hydrogens is 326 g/mol. The maximum Gasteiger partial charge on any atom is 0.269 e. The Hall–Kier alpha value is -3.06. The average molecular weight is 339 g/mol. The molecule has 1 amide bonds. The lowest BCUT2D eigenvalue weighted by atomic mass is 10.2. The summed E-state index contributed by atoms with van der Waals surface area (Å²) < 4.78 is 1.02. The smallest absolute Gasteiger partial charge is 0.269 e. The van der Waals surface area contributed by atoms with E-state index in [1.165, 1.54) is 29.5 Å². The number of hydrogen-bond acceptors (Lipinski definition) is 5. The first kappa shape index (κ1) is 15.8. The number of aryl methyl sites for hydroxylation is 1. The van der Waals surface area contributed by atoms with Crippen LogP contribution in [0.15, 0.2) is 48.5 Å². The number of hydrogen-bond donors (Lipinski definition) is 1. The summed E-state index contributed by atoms with van der Waals surface area (Å²) in [5, 5.41) is 13.9. The van der Waals surface area contributed by atoms with Crippen LogP contribution in [-0.2, 0) is 4.79 Å². The van der Waals surface area contributed by atoms with Gasteiger partial charge in [0.05, 0.1) is 15.1 Å². The molecule has 24 heavy (non-hydrogen) atoms. The monoisotopic (exact) mass is 339 g/mol. The highest BCUT2D eigenvalue weighted by Gasteiger charge is 2.07. The summed E-state index contributed by atoms with van der Waals surface area (Å²) in [5.41, 5.74) is 2.67. The van der Waals surface area contributed by atoms with E-state index in [1.807, 2.05) is 25.1 Å². The van der Waals surface area contributed by atoms with E-state index in [4.69, 9.17) is 0 Å². The molecule has 0 aliphatic heterocycles. The van der Waals surface area contributed by atoms with Gasteiger partial charge in [0.15, 0.2) is 5.13 Å². The second kappa shape index (κ2) is 6.59. The van der Waals surface area contributed by atoms with Crippen LogP contribution in [0, 0.1) is 17.0 Å². The fourth-order valence-electron chi connectivity index (χ4n) is 2.17. The normalized spacial score (nSPS) is 11.0. The SMILES string of the molecule is Cc1cccc2sc(NC(=O)/C=C/c3ccc([N+](=O)[O-])cc3)nc12. The number of fused-ring (bicyclic) bond motifs is 1. The number of nitro benzene ring substituents is 1. The summed E-state index contributed by atoms with van der Waals surface area (Å²) in [6.45, 7) is 1.97. The molecule has 1 heterocycles. The van der Waals surface area contributed by atoms with E-state index in [0.29, 0.717) is 10.7 Å². The fraction of sp³-hybridized carbons (Fsp3) is 0.0588. The van der Waals surface area contributed by atoms with Crippen molar-refractivity contribution in [2.75, 3.05) is 5.32 Å². The van der Waals surface area contributed by atoms with Gasteiger partial charge in [-0.15, -0.1) is 0 Å². The molecule has 6 nitrogen and oxygen atoms in total. The van der Waals surface area contributed by atoms with Gasteiger partial charge < -0.3 is 0 Å². The van der Waals surface area contributed by atoms with Gasteiger partial charge in [0, 0.05) is 18.2 Å². The van der Waals surface area contributed by atoms with Crippen LogP contribution in [0.3, 0.4) is 0 Å². The molecule has 7 heteroatoms. The Morgan fingerprint density at radius 2 is 2.00 bits per heavy atom. The zero-order chi connectivity index (χ0) is 17.1. The molecule has 0 fully saturated rings. The third-order valence-electron chi connectivity index (χ3n) is 3.38. The highest BCUT2D eigenvalue weighted by molar-refractivity contribution is 7.22. The van der Waals surface area contributed by atoms with E-state index < -0.39 is 4.92 Å². The predicted molar refractivity (Wildman–Crippen MR) is 95.1 cm³/mol. The molecule has 0 aliphatic carbocycles. The number of carbonyl (C=O) groups is 1. The second-order valence-electron chi connectivity index (χ2n) is 5.11. The van der Waals surface area contributed by atoms with E-state index >= 15 is 0 Å². The van der Waals surface area contributed by atoms with Gasteiger partial charge in [0.2, 0.25) is 5.91 Å². The number of thiazole rings is 1. The number of nitrogens with zero attached hydrogens (tertiary/aromatic N) is 2. The van der Waals surface area contributed by atoms with Crippen LogP contribution >= 0.6 is 11.3 Å². The first-order valence-electron chi connectivity index (χ1n) is 7.12. The molecule has 0 aliphatic rings. The number of amides is 1. The molecule has 120 valence electrons. The summed E-state index contributed by atoms with van der Waals surface area (Å²) in [5.74, 6) is -0.301. The second-order valence-corrected chi connectivity index (χ2v) is 6.14. The molecule has 3 rings (SSSR count). The van der Waals surface area contributed by atoms with Crippen LogP contribution in [0.1, 0.15) is 11.1 Å². The number of non-ortho nitro benzene ring substituents is 1. The molecule has 1 aromatic heterocycles. The molecular formula is C17H13N3O3S. The van der Waals surface area contributed by atoms with Crippen LogP contribution in [0.25, 0.3) is 16.3 Å². The Morgan fingerprint density at radius 3 is 2.67 bits per heavy atom. The van der Waals surface area contributed by atoms with Crippen LogP contribution < -0.4 is 5.32 Å². The Morgan fingerprint density at radius 1 is 1.25 bits per heavy atom. The topological polar surface area (TPSA) is 85.1 Å². The van der Waals surface area contributed by atoms with Crippen LogP contribution in [0.5, 0.6) is 0 Å². The lowest BCUT2D eigenvalue weighted by Gasteiger charge is -1.96. The van der Waals surface area contributed by atoms with Gasteiger partial charge in [-0.25, -0.2) is 4.98 Å². The van der Waals surface area contributed by atoms with E-state index in [0.717, 1.165) is 15.8 Å². The van der Waals surface area contributed by atoms with Gasteiger partial charge >= 0.3 is 0 Å². The zero-order valence-corrected chi connectivity index (χ0v) is 13.5. The summed E-state index contributed by atoms with van der Waals surface area (Å²) in [6.07, 6.45) is 2.97. The minimum absolute atomic E-state index is 0.0152. The van der Waals surface area contributed by atoms with E-state index in [-0.39, 0.29) is 11.6 Å². The van der Waals surface area contributed by atoms with Crippen molar-refractivity contribution in [1.29, 1.82) is 0 Å². The Bertz CT molecular complexity index is 945. The van der Waals surface area contributed by atoms with Gasteiger partial charge in [-0.1, -0.05) is 23.5 Å². The Kier molecular flexibility index (Phi) is 4.35. The minimum atomic E-state index is -0.463. The molecule has 2 aromatic carbocycles. The molecule has 0 radical (unpaired) electrons. The van der Waals surface area contributed by atoms with Crippen molar-refractivity contribution in [3.63, 3.8) is 0 Å². The maximum atomic E-state index is 12.0. The molecule has 0 unspecified atom stereocenters. The van der Waals surface area contributed by atoms with Crippen molar-refractivity contribution in [3.8, 4) is 0 Å². The van der Waals surface area contributed by atoms with Crippen molar-refractivity contribution in [2.45, 2.75) is 6.92 Å². The molecule has 0 bridgehead atoms. The van der Waals surface area contributed by atoms with Gasteiger partial charge in [-0.3, -0.25) is 20.2 Å². The number of nitro groups is 1. The molecule has 0 spiro atoms. The molecule has 3 aromatic rings. The van der Waals surface area contributed by atoms with Gasteiger partial charge in [-0.05, 0) is 42.3 Å². The number of benzene rings is 2. The van der Waals surface area contributed by atoms with Crippen LogP contribution in [-0.4, -0.2) is 15.8 Å². The highest BCUT2D eigenvalue weighted by Crippen LogP contribution is 2.27. The van der Waals surface area contributed by atoms with Gasteiger partial charge in [0.25, 0.3) is 5.69 Å². The first-order valence-corrected chi connectivity index (χ1v) is 7.94. The van der Waals surface area contributed by atoms with E-state index in [1.54, 1.807) is 18.2 Å². The molecule has 0 atom stereocenters. The summed E-state index contributed by atoms with van der Waals surface area (Å²) >= 11 is 1.41. The number of para-hydroxylation sites is 1. The lowest BCUT2D eigenvalue weighted by molar-refractivity contribution is -0.384. The number of nitrogens with one attached hydrogen (secondary N) is 1. The molecule has 0 saturated heterocycles. The van der Waals surface area contributed by atoms with Gasteiger partial charge in [0.1, 0.15) is 0 Å². The van der Waals surface area contributed by atoms with Gasteiger partial charge in [-0.2, -0.15) is 0 Å². The number of anilines is 1. The van der Waals surface area contributed by atoms with Crippen LogP contribution in [0.2, 0.25) is 0 Å². The average Bonchev–Trinajstić information content (AvgIpc) is 2.97. The summed E-state index contributed by atoms with van der Waals surface area (Å²) in [4.78, 5) is 26.5. The highest BCUT2D eigenvalue weighted by atomic mass is 32.1. The predicted octanol–water partition coefficient (Wildman–Crippen LogP) is 4.16. The minimum Gasteiger partial charge on any atom is -0.298 e. The Balaban J connectivity index is 1.70. The number of rotatable bonds is 4. The van der Waals surface area contributed by atoms with E-state index in [2.05, 4.69) is 10.3 Å². The zero-order valence-electron chi connectivity index (χ0n) is 12.7. The van der Waals surface area contributed by atoms with Crippen molar-refractivity contribution >= 4 is 44.4 Å². The lowest BCUT2D eigenvalue weighted by Crippen LogP contribution is -2.07. The first-order chi connectivity index (χ1) is 11.5.